The molecule has 0 radical (unpaired) electrons. The van der Waals surface area contributed by atoms with Crippen LogP contribution in [0.15, 0.2) is 36.9 Å². The fraction of sp³-hybridized carbons (Fsp3) is 0.357. The number of hydroxylamine groups is 2. The zero-order valence-corrected chi connectivity index (χ0v) is 11.3. The Kier molecular flexibility index (Phi) is 6.05. The second kappa shape index (κ2) is 7.56. The third-order valence-corrected chi connectivity index (χ3v) is 2.65. The molecule has 0 aliphatic heterocycles. The minimum Gasteiger partial charge on any atom is -0.490 e. The summed E-state index contributed by atoms with van der Waals surface area (Å²) in [7, 11) is 2.96. The summed E-state index contributed by atoms with van der Waals surface area (Å²) in [5.41, 5.74) is 6.80. The van der Waals surface area contributed by atoms with Gasteiger partial charge in [-0.15, -0.1) is 0 Å². The van der Waals surface area contributed by atoms with Crippen molar-refractivity contribution in [1.29, 1.82) is 0 Å². The van der Waals surface area contributed by atoms with E-state index < -0.39 is 6.04 Å². The first-order chi connectivity index (χ1) is 9.08. The molecule has 2 N–H and O–H groups in total. The highest BCUT2D eigenvalue weighted by Gasteiger charge is 2.18. The van der Waals surface area contributed by atoms with Gasteiger partial charge in [-0.1, -0.05) is 24.8 Å². The number of hydrogen-bond donors (Lipinski definition) is 1. The Morgan fingerprint density at radius 3 is 2.63 bits per heavy atom. The molecule has 0 spiro atoms. The van der Waals surface area contributed by atoms with Crippen molar-refractivity contribution in [2.75, 3.05) is 20.8 Å². The van der Waals surface area contributed by atoms with Gasteiger partial charge in [0.05, 0.1) is 13.2 Å². The lowest BCUT2D eigenvalue weighted by atomic mass is 10.1. The number of likely N-dealkylation sites (N-methyl/N-ethyl adjacent to an activating group) is 1. The Morgan fingerprint density at radius 2 is 2.11 bits per heavy atom. The average molecular weight is 264 g/mol. The maximum atomic E-state index is 11.7. The van der Waals surface area contributed by atoms with E-state index in [9.17, 15) is 4.79 Å². The van der Waals surface area contributed by atoms with Crippen LogP contribution in [0.3, 0.4) is 0 Å². The van der Waals surface area contributed by atoms with E-state index in [1.165, 1.54) is 14.2 Å². The Bertz CT molecular complexity index is 417. The standard InChI is InChI=1S/C14H20N2O3/c1-4-9-19-12-7-5-11(6-8-12)10-13(15)14(17)16(2)18-3/h4-8,13H,1,9-10,15H2,2-3H3/t13-/m0/s1. The van der Waals surface area contributed by atoms with Crippen molar-refractivity contribution in [3.63, 3.8) is 0 Å². The molecular formula is C14H20N2O3. The Balaban J connectivity index is 2.57. The molecule has 104 valence electrons. The molecule has 0 fully saturated rings. The molecule has 0 saturated heterocycles. The summed E-state index contributed by atoms with van der Waals surface area (Å²) in [5, 5.41) is 1.13. The van der Waals surface area contributed by atoms with Crippen molar-refractivity contribution in [2.24, 2.45) is 5.73 Å². The van der Waals surface area contributed by atoms with Gasteiger partial charge in [0.2, 0.25) is 0 Å². The second-order valence-electron chi connectivity index (χ2n) is 4.07. The van der Waals surface area contributed by atoms with Crippen LogP contribution in [-0.2, 0) is 16.1 Å². The third-order valence-electron chi connectivity index (χ3n) is 2.65. The molecule has 1 aromatic rings. The maximum absolute atomic E-state index is 11.7. The van der Waals surface area contributed by atoms with Gasteiger partial charge in [0.1, 0.15) is 12.4 Å². The van der Waals surface area contributed by atoms with Gasteiger partial charge < -0.3 is 10.5 Å². The highest BCUT2D eigenvalue weighted by Crippen LogP contribution is 2.13. The van der Waals surface area contributed by atoms with Crippen molar-refractivity contribution >= 4 is 5.91 Å². The normalized spacial score (nSPS) is 11.7. The van der Waals surface area contributed by atoms with Crippen LogP contribution in [0.5, 0.6) is 5.75 Å². The third kappa shape index (κ3) is 4.73. The van der Waals surface area contributed by atoms with E-state index >= 15 is 0 Å². The Morgan fingerprint density at radius 1 is 1.47 bits per heavy atom. The lowest BCUT2D eigenvalue weighted by molar-refractivity contribution is -0.170. The molecular weight excluding hydrogens is 244 g/mol. The number of rotatable bonds is 7. The average Bonchev–Trinajstić information content (AvgIpc) is 2.44. The van der Waals surface area contributed by atoms with Crippen molar-refractivity contribution in [2.45, 2.75) is 12.5 Å². The molecule has 1 atom stereocenters. The van der Waals surface area contributed by atoms with Gasteiger partial charge in [0.15, 0.2) is 0 Å². The summed E-state index contributed by atoms with van der Waals surface area (Å²) in [6.07, 6.45) is 2.14. The summed E-state index contributed by atoms with van der Waals surface area (Å²) in [6, 6.07) is 6.84. The van der Waals surface area contributed by atoms with Crippen LogP contribution < -0.4 is 10.5 Å². The Labute approximate surface area is 113 Å². The van der Waals surface area contributed by atoms with Gasteiger partial charge in [-0.05, 0) is 24.1 Å². The second-order valence-corrected chi connectivity index (χ2v) is 4.07. The predicted molar refractivity (Wildman–Crippen MR) is 73.6 cm³/mol. The number of nitrogens with zero attached hydrogens (tertiary/aromatic N) is 1. The molecule has 0 unspecified atom stereocenters. The molecule has 5 heteroatoms. The predicted octanol–water partition coefficient (Wildman–Crippen LogP) is 1.14. The summed E-state index contributed by atoms with van der Waals surface area (Å²) >= 11 is 0. The van der Waals surface area contributed by atoms with Gasteiger partial charge in [-0.3, -0.25) is 9.63 Å². The van der Waals surface area contributed by atoms with Crippen LogP contribution >= 0.6 is 0 Å². The van der Waals surface area contributed by atoms with Crippen molar-refractivity contribution in [3.8, 4) is 5.75 Å². The molecule has 0 aliphatic carbocycles. The molecule has 0 aliphatic rings. The van der Waals surface area contributed by atoms with E-state index in [4.69, 9.17) is 15.3 Å². The first kappa shape index (κ1) is 15.2. The van der Waals surface area contributed by atoms with Gasteiger partial charge in [-0.2, -0.15) is 0 Å². The number of carbonyl (C=O) groups is 1. The molecule has 1 aromatic carbocycles. The van der Waals surface area contributed by atoms with Crippen LogP contribution in [0.25, 0.3) is 0 Å². The molecule has 5 nitrogen and oxygen atoms in total. The maximum Gasteiger partial charge on any atom is 0.263 e. The van der Waals surface area contributed by atoms with Crippen LogP contribution in [0, 0.1) is 0 Å². The highest BCUT2D eigenvalue weighted by atomic mass is 16.7. The number of amides is 1. The van der Waals surface area contributed by atoms with Crippen LogP contribution in [0.1, 0.15) is 5.56 Å². The fourth-order valence-electron chi connectivity index (χ4n) is 1.54. The summed E-state index contributed by atoms with van der Waals surface area (Å²) in [6.45, 7) is 4.05. The van der Waals surface area contributed by atoms with Crippen molar-refractivity contribution in [3.05, 3.63) is 42.5 Å². The summed E-state index contributed by atoms with van der Waals surface area (Å²) < 4.78 is 5.37. The SMILES string of the molecule is C=CCOc1ccc(C[C@H](N)C(=O)N(C)OC)cc1. The van der Waals surface area contributed by atoms with Crippen LogP contribution in [-0.4, -0.2) is 37.8 Å². The topological polar surface area (TPSA) is 64.8 Å². The molecule has 1 amide bonds. The summed E-state index contributed by atoms with van der Waals surface area (Å²) in [4.78, 5) is 16.5. The van der Waals surface area contributed by atoms with E-state index in [0.29, 0.717) is 13.0 Å². The number of carbonyl (C=O) groups excluding carboxylic acids is 1. The van der Waals surface area contributed by atoms with Crippen molar-refractivity contribution < 1.29 is 14.4 Å². The van der Waals surface area contributed by atoms with E-state index in [0.717, 1.165) is 16.4 Å². The zero-order chi connectivity index (χ0) is 14.3. The van der Waals surface area contributed by atoms with E-state index in [2.05, 4.69) is 6.58 Å². The lowest BCUT2D eigenvalue weighted by Gasteiger charge is -2.18. The molecule has 0 bridgehead atoms. The van der Waals surface area contributed by atoms with Crippen LogP contribution in [0.2, 0.25) is 0 Å². The van der Waals surface area contributed by atoms with E-state index in [1.807, 2.05) is 24.3 Å². The van der Waals surface area contributed by atoms with E-state index in [1.54, 1.807) is 6.08 Å². The molecule has 0 heterocycles. The quantitative estimate of drug-likeness (QED) is 0.592. The highest BCUT2D eigenvalue weighted by molar-refractivity contribution is 5.80. The monoisotopic (exact) mass is 264 g/mol. The van der Waals surface area contributed by atoms with Crippen molar-refractivity contribution in [1.82, 2.24) is 5.06 Å². The van der Waals surface area contributed by atoms with Gasteiger partial charge in [0, 0.05) is 7.05 Å². The van der Waals surface area contributed by atoms with Gasteiger partial charge >= 0.3 is 0 Å². The lowest BCUT2D eigenvalue weighted by Crippen LogP contribution is -2.42. The largest absolute Gasteiger partial charge is 0.490 e. The molecule has 1 rings (SSSR count). The van der Waals surface area contributed by atoms with Crippen LogP contribution in [0.4, 0.5) is 0 Å². The number of benzene rings is 1. The zero-order valence-electron chi connectivity index (χ0n) is 11.3. The minimum atomic E-state index is -0.620. The first-order valence-corrected chi connectivity index (χ1v) is 5.98. The van der Waals surface area contributed by atoms with Gasteiger partial charge in [0.25, 0.3) is 5.91 Å². The van der Waals surface area contributed by atoms with E-state index in [-0.39, 0.29) is 5.91 Å². The Hall–Kier alpha value is -1.85. The molecule has 0 aromatic heterocycles. The first-order valence-electron chi connectivity index (χ1n) is 5.98. The molecule has 19 heavy (non-hydrogen) atoms. The molecule has 0 saturated carbocycles. The van der Waals surface area contributed by atoms with Gasteiger partial charge in [-0.25, -0.2) is 5.06 Å². The minimum absolute atomic E-state index is 0.255. The smallest absolute Gasteiger partial charge is 0.263 e. The number of nitrogens with two attached hydrogens (primary N) is 1. The summed E-state index contributed by atoms with van der Waals surface area (Å²) in [5.74, 6) is 0.507. The number of hydrogen-bond acceptors (Lipinski definition) is 4. The fourth-order valence-corrected chi connectivity index (χ4v) is 1.54. The number of ether oxygens (including phenoxy) is 1.